The van der Waals surface area contributed by atoms with Crippen molar-refractivity contribution in [2.24, 2.45) is 0 Å². The summed E-state index contributed by atoms with van der Waals surface area (Å²) in [6, 6.07) is 2.83. The number of aryl methyl sites for hydroxylation is 1. The maximum Gasteiger partial charge on any atom is 0.241 e. The van der Waals surface area contributed by atoms with Crippen molar-refractivity contribution in [1.82, 2.24) is 4.72 Å². The van der Waals surface area contributed by atoms with E-state index in [0.29, 0.717) is 17.0 Å². The van der Waals surface area contributed by atoms with Crippen LogP contribution in [0, 0.1) is 6.92 Å². The van der Waals surface area contributed by atoms with E-state index in [-0.39, 0.29) is 17.2 Å². The summed E-state index contributed by atoms with van der Waals surface area (Å²) in [5.41, 5.74) is 5.44. The summed E-state index contributed by atoms with van der Waals surface area (Å²) in [4.78, 5) is 0.0718. The average molecular weight is 307 g/mol. The lowest BCUT2D eigenvalue weighted by Crippen LogP contribution is -2.48. The van der Waals surface area contributed by atoms with Crippen LogP contribution in [0.15, 0.2) is 17.0 Å². The van der Waals surface area contributed by atoms with Gasteiger partial charge in [0.2, 0.25) is 10.0 Å². The van der Waals surface area contributed by atoms with Gasteiger partial charge < -0.3 is 10.8 Å². The lowest BCUT2D eigenvalue weighted by Gasteiger charge is -2.27. The standard InChI is InChI=1S/C12H19ClN2O3S/c1-4-12(3,7-16)15-19(17,18)11-6-10(14)9(13)5-8(11)2/h5-6,15-16H,4,7,14H2,1-3H3. The summed E-state index contributed by atoms with van der Waals surface area (Å²) in [7, 11) is -3.76. The van der Waals surface area contributed by atoms with Crippen LogP contribution in [0.4, 0.5) is 5.69 Å². The molecule has 0 spiro atoms. The SMILES string of the molecule is CCC(C)(CO)NS(=O)(=O)c1cc(N)c(Cl)cc1C. The third-order valence-electron chi connectivity index (χ3n) is 3.09. The molecule has 1 aromatic rings. The van der Waals surface area contributed by atoms with Crippen LogP contribution in [0.5, 0.6) is 0 Å². The highest BCUT2D eigenvalue weighted by Crippen LogP contribution is 2.27. The van der Waals surface area contributed by atoms with Crippen LogP contribution in [-0.2, 0) is 10.0 Å². The van der Waals surface area contributed by atoms with Crippen molar-refractivity contribution >= 4 is 27.3 Å². The topological polar surface area (TPSA) is 92.4 Å². The second kappa shape index (κ2) is 5.66. The van der Waals surface area contributed by atoms with E-state index in [4.69, 9.17) is 17.3 Å². The highest BCUT2D eigenvalue weighted by atomic mass is 35.5. The van der Waals surface area contributed by atoms with Crippen molar-refractivity contribution in [3.05, 3.63) is 22.7 Å². The number of hydrogen-bond acceptors (Lipinski definition) is 4. The Morgan fingerprint density at radius 3 is 2.53 bits per heavy atom. The molecule has 0 aromatic heterocycles. The number of aliphatic hydroxyl groups excluding tert-OH is 1. The molecule has 5 nitrogen and oxygen atoms in total. The number of benzene rings is 1. The van der Waals surface area contributed by atoms with Crippen molar-refractivity contribution in [3.8, 4) is 0 Å². The molecule has 0 heterocycles. The number of anilines is 1. The van der Waals surface area contributed by atoms with Crippen molar-refractivity contribution in [3.63, 3.8) is 0 Å². The molecule has 0 fully saturated rings. The minimum absolute atomic E-state index is 0.0718. The molecule has 108 valence electrons. The van der Waals surface area contributed by atoms with Crippen molar-refractivity contribution in [1.29, 1.82) is 0 Å². The monoisotopic (exact) mass is 306 g/mol. The van der Waals surface area contributed by atoms with Crippen LogP contribution >= 0.6 is 11.6 Å². The van der Waals surface area contributed by atoms with Gasteiger partial charge in [-0.2, -0.15) is 0 Å². The number of sulfonamides is 1. The van der Waals surface area contributed by atoms with E-state index in [1.165, 1.54) is 12.1 Å². The number of nitrogens with one attached hydrogen (secondary N) is 1. The number of nitrogens with two attached hydrogens (primary N) is 1. The largest absolute Gasteiger partial charge is 0.397 e. The smallest absolute Gasteiger partial charge is 0.241 e. The van der Waals surface area contributed by atoms with Gasteiger partial charge in [0.15, 0.2) is 0 Å². The van der Waals surface area contributed by atoms with Gasteiger partial charge in [-0.15, -0.1) is 0 Å². The molecule has 1 unspecified atom stereocenters. The van der Waals surface area contributed by atoms with E-state index in [9.17, 15) is 13.5 Å². The molecular formula is C12H19ClN2O3S. The van der Waals surface area contributed by atoms with Gasteiger partial charge in [-0.25, -0.2) is 13.1 Å². The summed E-state index contributed by atoms with van der Waals surface area (Å²) in [6.45, 7) is 4.79. The van der Waals surface area contributed by atoms with Crippen molar-refractivity contribution < 1.29 is 13.5 Å². The van der Waals surface area contributed by atoms with E-state index < -0.39 is 15.6 Å². The Hall–Kier alpha value is -0.820. The van der Waals surface area contributed by atoms with Crippen LogP contribution < -0.4 is 10.5 Å². The Morgan fingerprint density at radius 2 is 2.05 bits per heavy atom. The first-order valence-corrected chi connectivity index (χ1v) is 7.72. The molecule has 0 amide bonds. The van der Waals surface area contributed by atoms with Crippen molar-refractivity contribution in [2.45, 2.75) is 37.6 Å². The fraction of sp³-hybridized carbons (Fsp3) is 0.500. The zero-order valence-electron chi connectivity index (χ0n) is 11.2. The Bertz CT molecular complexity index is 569. The highest BCUT2D eigenvalue weighted by molar-refractivity contribution is 7.89. The third kappa shape index (κ3) is 3.60. The second-order valence-electron chi connectivity index (χ2n) is 4.82. The van der Waals surface area contributed by atoms with Gasteiger partial charge in [0.1, 0.15) is 0 Å². The Balaban J connectivity index is 3.25. The molecular weight excluding hydrogens is 288 g/mol. The zero-order valence-corrected chi connectivity index (χ0v) is 12.8. The first kappa shape index (κ1) is 16.2. The van der Waals surface area contributed by atoms with Crippen LogP contribution in [0.25, 0.3) is 0 Å². The molecule has 0 radical (unpaired) electrons. The molecule has 4 N–H and O–H groups in total. The third-order valence-corrected chi connectivity index (χ3v) is 5.20. The summed E-state index contributed by atoms with van der Waals surface area (Å²) >= 11 is 5.84. The Kier molecular flexibility index (Phi) is 4.84. The highest BCUT2D eigenvalue weighted by Gasteiger charge is 2.29. The predicted molar refractivity (Wildman–Crippen MR) is 76.7 cm³/mol. The van der Waals surface area contributed by atoms with Crippen molar-refractivity contribution in [2.75, 3.05) is 12.3 Å². The van der Waals surface area contributed by atoms with Gasteiger partial charge in [0, 0.05) is 0 Å². The summed E-state index contributed by atoms with van der Waals surface area (Å²) < 4.78 is 27.2. The number of halogens is 1. The summed E-state index contributed by atoms with van der Waals surface area (Å²) in [5.74, 6) is 0. The van der Waals surface area contributed by atoms with Crippen LogP contribution in [-0.4, -0.2) is 25.7 Å². The van der Waals surface area contributed by atoms with E-state index in [1.54, 1.807) is 20.8 Å². The molecule has 1 aromatic carbocycles. The molecule has 1 rings (SSSR count). The predicted octanol–water partition coefficient (Wildman–Crippen LogP) is 1.67. The Morgan fingerprint density at radius 1 is 1.47 bits per heavy atom. The lowest BCUT2D eigenvalue weighted by molar-refractivity contribution is 0.191. The minimum atomic E-state index is -3.76. The molecule has 7 heteroatoms. The molecule has 1 atom stereocenters. The summed E-state index contributed by atoms with van der Waals surface area (Å²) in [6.07, 6.45) is 0.463. The van der Waals surface area contributed by atoms with E-state index in [0.717, 1.165) is 0 Å². The lowest BCUT2D eigenvalue weighted by atomic mass is 10.0. The van der Waals surface area contributed by atoms with Gasteiger partial charge in [0.25, 0.3) is 0 Å². The van der Waals surface area contributed by atoms with E-state index >= 15 is 0 Å². The van der Waals surface area contributed by atoms with Crippen LogP contribution in [0.3, 0.4) is 0 Å². The van der Waals surface area contributed by atoms with E-state index in [2.05, 4.69) is 4.72 Å². The zero-order chi connectivity index (χ0) is 14.8. The molecule has 0 saturated carbocycles. The Labute approximate surface area is 118 Å². The molecule has 0 aliphatic rings. The number of aliphatic hydroxyl groups is 1. The van der Waals surface area contributed by atoms with Gasteiger partial charge in [-0.05, 0) is 38.0 Å². The van der Waals surface area contributed by atoms with Gasteiger partial charge in [-0.3, -0.25) is 0 Å². The van der Waals surface area contributed by atoms with E-state index in [1.807, 2.05) is 0 Å². The van der Waals surface area contributed by atoms with Gasteiger partial charge in [0.05, 0.1) is 27.8 Å². The van der Waals surface area contributed by atoms with Crippen LogP contribution in [0.2, 0.25) is 5.02 Å². The molecule has 0 saturated heterocycles. The second-order valence-corrected chi connectivity index (χ2v) is 6.88. The molecule has 0 bridgehead atoms. The number of rotatable bonds is 5. The molecule has 19 heavy (non-hydrogen) atoms. The maximum absolute atomic E-state index is 12.3. The average Bonchev–Trinajstić information content (AvgIpc) is 2.33. The van der Waals surface area contributed by atoms with Gasteiger partial charge >= 0.3 is 0 Å². The maximum atomic E-state index is 12.3. The number of nitrogen functional groups attached to an aromatic ring is 1. The van der Waals surface area contributed by atoms with Crippen LogP contribution in [0.1, 0.15) is 25.8 Å². The van der Waals surface area contributed by atoms with Gasteiger partial charge in [-0.1, -0.05) is 18.5 Å². The first-order valence-electron chi connectivity index (χ1n) is 5.85. The number of hydrogen-bond donors (Lipinski definition) is 3. The minimum Gasteiger partial charge on any atom is -0.397 e. The summed E-state index contributed by atoms with van der Waals surface area (Å²) in [5, 5.41) is 9.61. The normalized spacial score (nSPS) is 15.2. The quantitative estimate of drug-likeness (QED) is 0.721. The fourth-order valence-corrected chi connectivity index (χ4v) is 3.50. The molecule has 0 aliphatic carbocycles. The molecule has 0 aliphatic heterocycles. The fourth-order valence-electron chi connectivity index (χ4n) is 1.55. The first-order chi connectivity index (χ1) is 8.65.